The molecule has 1 amide bonds. The van der Waals surface area contributed by atoms with E-state index in [4.69, 9.17) is 9.15 Å². The van der Waals surface area contributed by atoms with Crippen molar-refractivity contribution in [2.75, 3.05) is 0 Å². The second kappa shape index (κ2) is 8.19. The lowest BCUT2D eigenvalue weighted by Crippen LogP contribution is -2.49. The summed E-state index contributed by atoms with van der Waals surface area (Å²) >= 11 is 0. The lowest BCUT2D eigenvalue weighted by molar-refractivity contribution is -0.00229. The predicted molar refractivity (Wildman–Crippen MR) is 96.7 cm³/mol. The summed E-state index contributed by atoms with van der Waals surface area (Å²) in [4.78, 5) is 26.4. The Morgan fingerprint density at radius 2 is 1.81 bits per heavy atom. The number of ether oxygens (including phenoxy) is 1. The molecule has 2 aromatic rings. The zero-order chi connectivity index (χ0) is 19.3. The Morgan fingerprint density at radius 1 is 1.15 bits per heavy atom. The molecule has 0 bridgehead atoms. The number of amides is 1. The van der Waals surface area contributed by atoms with E-state index < -0.39 is 29.6 Å². The lowest BCUT2D eigenvalue weighted by Gasteiger charge is -2.33. The number of aliphatic hydroxyl groups excluding tert-OH is 1. The van der Waals surface area contributed by atoms with Crippen molar-refractivity contribution >= 4 is 11.9 Å². The van der Waals surface area contributed by atoms with Crippen LogP contribution in [0, 0.1) is 0 Å². The molecule has 1 aromatic heterocycles. The van der Waals surface area contributed by atoms with Gasteiger partial charge in [-0.05, 0) is 45.4 Å². The number of rotatable bonds is 6. The standard InChI is InChI=1S/C20H25NO5/c1-14(17(22)18(23)16-11-8-12-25-16)21(19(24)26-20(2,3)4)13-15-9-6-5-7-10-15/h5-12,14,17,22H,13H2,1-4H3/t14-,17-/m0/s1. The van der Waals surface area contributed by atoms with Crippen LogP contribution in [0.25, 0.3) is 0 Å². The smallest absolute Gasteiger partial charge is 0.410 e. The molecule has 1 heterocycles. The van der Waals surface area contributed by atoms with Gasteiger partial charge in [-0.15, -0.1) is 0 Å². The number of hydrogen-bond acceptors (Lipinski definition) is 5. The molecule has 6 heteroatoms. The van der Waals surface area contributed by atoms with Crippen LogP contribution in [0.5, 0.6) is 0 Å². The van der Waals surface area contributed by atoms with E-state index in [9.17, 15) is 14.7 Å². The number of carbonyl (C=O) groups excluding carboxylic acids is 2. The van der Waals surface area contributed by atoms with Crippen molar-refractivity contribution in [1.82, 2.24) is 4.90 Å². The topological polar surface area (TPSA) is 80.0 Å². The van der Waals surface area contributed by atoms with Gasteiger partial charge in [-0.3, -0.25) is 9.69 Å². The molecule has 2 atom stereocenters. The first-order chi connectivity index (χ1) is 12.2. The monoisotopic (exact) mass is 359 g/mol. The fraction of sp³-hybridized carbons (Fsp3) is 0.400. The zero-order valence-electron chi connectivity index (χ0n) is 15.5. The van der Waals surface area contributed by atoms with Crippen LogP contribution in [0.3, 0.4) is 0 Å². The van der Waals surface area contributed by atoms with Gasteiger partial charge in [0.15, 0.2) is 5.76 Å². The molecule has 0 unspecified atom stereocenters. The summed E-state index contributed by atoms with van der Waals surface area (Å²) in [7, 11) is 0. The van der Waals surface area contributed by atoms with Crippen LogP contribution in [0.15, 0.2) is 53.1 Å². The highest BCUT2D eigenvalue weighted by molar-refractivity contribution is 5.97. The average Bonchev–Trinajstić information content (AvgIpc) is 3.11. The van der Waals surface area contributed by atoms with Crippen molar-refractivity contribution in [2.45, 2.75) is 52.0 Å². The van der Waals surface area contributed by atoms with E-state index in [0.29, 0.717) is 0 Å². The van der Waals surface area contributed by atoms with E-state index >= 15 is 0 Å². The molecule has 1 aromatic carbocycles. The van der Waals surface area contributed by atoms with E-state index in [1.165, 1.54) is 17.2 Å². The molecule has 140 valence electrons. The minimum atomic E-state index is -1.43. The molecule has 0 aliphatic rings. The molecule has 2 rings (SSSR count). The van der Waals surface area contributed by atoms with Gasteiger partial charge in [-0.2, -0.15) is 0 Å². The summed E-state index contributed by atoms with van der Waals surface area (Å²) < 4.78 is 10.5. The molecule has 0 radical (unpaired) electrons. The molecule has 0 saturated carbocycles. The van der Waals surface area contributed by atoms with Gasteiger partial charge in [0, 0.05) is 6.54 Å². The van der Waals surface area contributed by atoms with Gasteiger partial charge in [0.2, 0.25) is 5.78 Å². The normalized spacial score (nSPS) is 13.7. The Hall–Kier alpha value is -2.60. The average molecular weight is 359 g/mol. The number of nitrogens with zero attached hydrogens (tertiary/aromatic N) is 1. The maximum absolute atomic E-state index is 12.7. The first-order valence-corrected chi connectivity index (χ1v) is 8.48. The maximum Gasteiger partial charge on any atom is 0.410 e. The molecule has 0 fully saturated rings. The SMILES string of the molecule is C[C@@H]([C@H](O)C(=O)c1ccco1)N(Cc1ccccc1)C(=O)OC(C)(C)C. The molecule has 0 aliphatic carbocycles. The van der Waals surface area contributed by atoms with E-state index in [-0.39, 0.29) is 12.3 Å². The van der Waals surface area contributed by atoms with Crippen molar-refractivity contribution in [3.63, 3.8) is 0 Å². The molecular weight excluding hydrogens is 334 g/mol. The number of benzene rings is 1. The summed E-state index contributed by atoms with van der Waals surface area (Å²) in [6, 6.07) is 11.6. The number of furan rings is 1. The number of carbonyl (C=O) groups is 2. The molecule has 0 spiro atoms. The fourth-order valence-electron chi connectivity index (χ4n) is 2.43. The van der Waals surface area contributed by atoms with E-state index in [1.54, 1.807) is 33.8 Å². The fourth-order valence-corrected chi connectivity index (χ4v) is 2.43. The first-order valence-electron chi connectivity index (χ1n) is 8.48. The Bertz CT molecular complexity index is 718. The Morgan fingerprint density at radius 3 is 2.35 bits per heavy atom. The number of Topliss-reactive ketones (excluding diaryl/α,β-unsaturated/α-hetero) is 1. The van der Waals surface area contributed by atoms with Crippen molar-refractivity contribution in [1.29, 1.82) is 0 Å². The summed E-state index contributed by atoms with van der Waals surface area (Å²) in [6.45, 7) is 7.11. The van der Waals surface area contributed by atoms with Crippen LogP contribution in [0.1, 0.15) is 43.8 Å². The van der Waals surface area contributed by atoms with Crippen LogP contribution < -0.4 is 0 Å². The third kappa shape index (κ3) is 5.20. The van der Waals surface area contributed by atoms with Gasteiger partial charge < -0.3 is 14.3 Å². The van der Waals surface area contributed by atoms with E-state index in [0.717, 1.165) is 5.56 Å². The highest BCUT2D eigenvalue weighted by Gasteiger charge is 2.34. The molecule has 0 saturated heterocycles. The molecule has 26 heavy (non-hydrogen) atoms. The van der Waals surface area contributed by atoms with Crippen LogP contribution in [0.4, 0.5) is 4.79 Å². The van der Waals surface area contributed by atoms with Crippen LogP contribution in [-0.4, -0.2) is 39.6 Å². The van der Waals surface area contributed by atoms with Gasteiger partial charge in [-0.25, -0.2) is 4.79 Å². The van der Waals surface area contributed by atoms with Gasteiger partial charge in [0.1, 0.15) is 11.7 Å². The summed E-state index contributed by atoms with van der Waals surface area (Å²) in [5.74, 6) is -0.530. The van der Waals surface area contributed by atoms with E-state index in [1.807, 2.05) is 30.3 Å². The first kappa shape index (κ1) is 19.7. The van der Waals surface area contributed by atoms with Crippen LogP contribution in [-0.2, 0) is 11.3 Å². The molecule has 1 N–H and O–H groups in total. The highest BCUT2D eigenvalue weighted by Crippen LogP contribution is 2.19. The number of ketones is 1. The lowest BCUT2D eigenvalue weighted by atomic mass is 10.0. The van der Waals surface area contributed by atoms with Crippen molar-refractivity contribution in [3.8, 4) is 0 Å². The summed E-state index contributed by atoms with van der Waals surface area (Å²) in [5, 5.41) is 10.5. The predicted octanol–water partition coefficient (Wildman–Crippen LogP) is 3.65. The van der Waals surface area contributed by atoms with Crippen molar-refractivity contribution in [2.24, 2.45) is 0 Å². The van der Waals surface area contributed by atoms with Gasteiger partial charge in [0.25, 0.3) is 0 Å². The summed E-state index contributed by atoms with van der Waals surface area (Å²) in [6.07, 6.45) is -0.669. The van der Waals surface area contributed by atoms with Crippen LogP contribution >= 0.6 is 0 Å². The quantitative estimate of drug-likeness (QED) is 0.797. The van der Waals surface area contributed by atoms with Gasteiger partial charge in [-0.1, -0.05) is 30.3 Å². The minimum Gasteiger partial charge on any atom is -0.461 e. The molecule has 6 nitrogen and oxygen atoms in total. The maximum atomic E-state index is 12.7. The minimum absolute atomic E-state index is 0.0493. The Kier molecular flexibility index (Phi) is 6.21. The van der Waals surface area contributed by atoms with Crippen molar-refractivity contribution < 1.29 is 23.8 Å². The van der Waals surface area contributed by atoms with Gasteiger partial charge >= 0.3 is 6.09 Å². The highest BCUT2D eigenvalue weighted by atomic mass is 16.6. The second-order valence-electron chi connectivity index (χ2n) is 7.12. The number of hydrogen-bond donors (Lipinski definition) is 1. The Labute approximate surface area is 153 Å². The third-order valence-corrected chi connectivity index (χ3v) is 3.80. The largest absolute Gasteiger partial charge is 0.461 e. The second-order valence-corrected chi connectivity index (χ2v) is 7.12. The Balaban J connectivity index is 2.23. The van der Waals surface area contributed by atoms with Gasteiger partial charge in [0.05, 0.1) is 12.3 Å². The zero-order valence-corrected chi connectivity index (χ0v) is 15.5. The van der Waals surface area contributed by atoms with E-state index in [2.05, 4.69) is 0 Å². The number of aliphatic hydroxyl groups is 1. The third-order valence-electron chi connectivity index (χ3n) is 3.80. The summed E-state index contributed by atoms with van der Waals surface area (Å²) in [5.41, 5.74) is 0.171. The van der Waals surface area contributed by atoms with Crippen molar-refractivity contribution in [3.05, 3.63) is 60.1 Å². The van der Waals surface area contributed by atoms with Crippen LogP contribution in [0.2, 0.25) is 0 Å². The molecular formula is C20H25NO5. The molecule has 0 aliphatic heterocycles.